The zero-order valence-electron chi connectivity index (χ0n) is 14.9. The van der Waals surface area contributed by atoms with E-state index < -0.39 is 22.0 Å². The highest BCUT2D eigenvalue weighted by molar-refractivity contribution is 7.92. The topological polar surface area (TPSA) is 84.9 Å². The highest BCUT2D eigenvalue weighted by Crippen LogP contribution is 2.31. The van der Waals surface area contributed by atoms with Crippen LogP contribution in [0.4, 0.5) is 5.69 Å². The van der Waals surface area contributed by atoms with Gasteiger partial charge in [-0.3, -0.25) is 9.10 Å². The van der Waals surface area contributed by atoms with Crippen LogP contribution in [0.25, 0.3) is 0 Å². The molecular weight excluding hydrogens is 368 g/mol. The Morgan fingerprint density at radius 2 is 2.08 bits per heavy atom. The van der Waals surface area contributed by atoms with Gasteiger partial charge in [0.25, 0.3) is 0 Å². The smallest absolute Gasteiger partial charge is 0.243 e. The summed E-state index contributed by atoms with van der Waals surface area (Å²) < 4.78 is 35.7. The van der Waals surface area contributed by atoms with Gasteiger partial charge < -0.3 is 14.8 Å². The summed E-state index contributed by atoms with van der Waals surface area (Å²) in [4.78, 5) is 12.3. The van der Waals surface area contributed by atoms with Gasteiger partial charge in [0.15, 0.2) is 0 Å². The van der Waals surface area contributed by atoms with Crippen molar-refractivity contribution in [3.8, 4) is 5.75 Å². The van der Waals surface area contributed by atoms with Gasteiger partial charge >= 0.3 is 0 Å². The highest BCUT2D eigenvalue weighted by Gasteiger charge is 2.29. The molecular formula is C16H25ClN2O5S. The van der Waals surface area contributed by atoms with Crippen molar-refractivity contribution in [3.63, 3.8) is 0 Å². The van der Waals surface area contributed by atoms with Gasteiger partial charge in [0.1, 0.15) is 11.8 Å². The average molecular weight is 393 g/mol. The van der Waals surface area contributed by atoms with Gasteiger partial charge in [0.2, 0.25) is 15.9 Å². The molecule has 0 aliphatic heterocycles. The molecule has 1 amide bonds. The molecule has 0 aliphatic carbocycles. The molecule has 9 heteroatoms. The first-order valence-corrected chi connectivity index (χ1v) is 10.1. The zero-order chi connectivity index (χ0) is 19.0. The molecule has 0 bridgehead atoms. The predicted octanol–water partition coefficient (Wildman–Crippen LogP) is 2.05. The van der Waals surface area contributed by atoms with E-state index in [2.05, 4.69) is 5.32 Å². The third-order valence-electron chi connectivity index (χ3n) is 3.45. The number of nitrogens with one attached hydrogen (secondary N) is 1. The molecule has 0 aliphatic rings. The summed E-state index contributed by atoms with van der Waals surface area (Å²) in [5.74, 6) is 0.0285. The van der Waals surface area contributed by atoms with Crippen molar-refractivity contribution in [2.24, 2.45) is 0 Å². The van der Waals surface area contributed by atoms with E-state index in [1.54, 1.807) is 12.1 Å². The number of halogens is 1. The van der Waals surface area contributed by atoms with Gasteiger partial charge in [-0.15, -0.1) is 0 Å². The van der Waals surface area contributed by atoms with Crippen LogP contribution in [-0.4, -0.2) is 53.5 Å². The number of hydrogen-bond donors (Lipinski definition) is 1. The molecule has 0 heterocycles. The molecule has 25 heavy (non-hydrogen) atoms. The second kappa shape index (κ2) is 9.84. The van der Waals surface area contributed by atoms with Gasteiger partial charge in [0, 0.05) is 19.8 Å². The van der Waals surface area contributed by atoms with E-state index in [1.807, 2.05) is 6.92 Å². The van der Waals surface area contributed by atoms with Crippen LogP contribution in [0.15, 0.2) is 18.2 Å². The second-order valence-electron chi connectivity index (χ2n) is 5.40. The Labute approximate surface area is 154 Å². The number of sulfonamides is 1. The summed E-state index contributed by atoms with van der Waals surface area (Å²) in [5, 5.41) is 2.98. The molecule has 0 radical (unpaired) electrons. The Kier molecular flexibility index (Phi) is 8.47. The van der Waals surface area contributed by atoms with E-state index in [0.29, 0.717) is 37.6 Å². The van der Waals surface area contributed by atoms with Crippen LogP contribution in [0.5, 0.6) is 5.75 Å². The van der Waals surface area contributed by atoms with Gasteiger partial charge in [-0.1, -0.05) is 11.6 Å². The third-order valence-corrected chi connectivity index (χ3v) is 4.98. The standard InChI is InChI=1S/C16H25ClN2O5S/c1-5-24-10-6-9-18-16(20)12(2)19(25(4,21)22)13-7-8-15(23-3)14(17)11-13/h7-8,11-12H,5-6,9-10H2,1-4H3,(H,18,20)/t12-/m0/s1. The van der Waals surface area contributed by atoms with Crippen LogP contribution in [0.3, 0.4) is 0 Å². The number of carbonyl (C=O) groups is 1. The molecule has 0 spiro atoms. The van der Waals surface area contributed by atoms with Crippen LogP contribution < -0.4 is 14.4 Å². The Balaban J connectivity index is 2.92. The van der Waals surface area contributed by atoms with Gasteiger partial charge in [-0.25, -0.2) is 8.42 Å². The molecule has 7 nitrogen and oxygen atoms in total. The maximum Gasteiger partial charge on any atom is 0.243 e. The molecule has 0 aromatic heterocycles. The molecule has 0 saturated heterocycles. The Morgan fingerprint density at radius 3 is 2.60 bits per heavy atom. The fraction of sp³-hybridized carbons (Fsp3) is 0.562. The minimum Gasteiger partial charge on any atom is -0.495 e. The Morgan fingerprint density at radius 1 is 1.40 bits per heavy atom. The summed E-state index contributed by atoms with van der Waals surface area (Å²) in [6.45, 7) is 4.98. The highest BCUT2D eigenvalue weighted by atomic mass is 35.5. The summed E-state index contributed by atoms with van der Waals surface area (Å²) in [7, 11) is -2.22. The van der Waals surface area contributed by atoms with Crippen LogP contribution in [0.1, 0.15) is 20.3 Å². The Bertz CT molecular complexity index is 681. The van der Waals surface area contributed by atoms with Crippen LogP contribution >= 0.6 is 11.6 Å². The lowest BCUT2D eigenvalue weighted by Gasteiger charge is -2.28. The van der Waals surface area contributed by atoms with Crippen LogP contribution in [0, 0.1) is 0 Å². The number of amides is 1. The average Bonchev–Trinajstić information content (AvgIpc) is 2.53. The quantitative estimate of drug-likeness (QED) is 0.616. The maximum absolute atomic E-state index is 12.3. The molecule has 1 rings (SSSR count). The normalized spacial score (nSPS) is 12.5. The Hall–Kier alpha value is -1.51. The summed E-state index contributed by atoms with van der Waals surface area (Å²) >= 11 is 6.08. The van der Waals surface area contributed by atoms with E-state index in [-0.39, 0.29) is 5.02 Å². The van der Waals surface area contributed by atoms with Crippen molar-refractivity contribution < 1.29 is 22.7 Å². The van der Waals surface area contributed by atoms with Crippen molar-refractivity contribution in [2.45, 2.75) is 26.3 Å². The van der Waals surface area contributed by atoms with E-state index in [1.165, 1.54) is 20.1 Å². The first kappa shape index (κ1) is 21.5. The SMILES string of the molecule is CCOCCCNC(=O)[C@H](C)N(c1ccc(OC)c(Cl)c1)S(C)(=O)=O. The lowest BCUT2D eigenvalue weighted by Crippen LogP contribution is -2.48. The predicted molar refractivity (Wildman–Crippen MR) is 98.9 cm³/mol. The largest absolute Gasteiger partial charge is 0.495 e. The summed E-state index contributed by atoms with van der Waals surface area (Å²) in [6, 6.07) is 3.64. The molecule has 0 fully saturated rings. The van der Waals surface area contributed by atoms with E-state index in [4.69, 9.17) is 21.1 Å². The van der Waals surface area contributed by atoms with E-state index in [9.17, 15) is 13.2 Å². The lowest BCUT2D eigenvalue weighted by molar-refractivity contribution is -0.121. The fourth-order valence-electron chi connectivity index (χ4n) is 2.28. The molecule has 142 valence electrons. The van der Waals surface area contributed by atoms with Crippen molar-refractivity contribution in [1.82, 2.24) is 5.32 Å². The summed E-state index contributed by atoms with van der Waals surface area (Å²) in [6.07, 6.45) is 1.70. The van der Waals surface area contributed by atoms with E-state index in [0.717, 1.165) is 10.6 Å². The minimum absolute atomic E-state index is 0.262. The number of nitrogens with zero attached hydrogens (tertiary/aromatic N) is 1. The van der Waals surface area contributed by atoms with Crippen molar-refractivity contribution in [2.75, 3.05) is 37.4 Å². The lowest BCUT2D eigenvalue weighted by atomic mass is 10.2. The van der Waals surface area contributed by atoms with Gasteiger partial charge in [-0.2, -0.15) is 0 Å². The first-order valence-electron chi connectivity index (χ1n) is 7.90. The zero-order valence-corrected chi connectivity index (χ0v) is 16.5. The molecule has 0 unspecified atom stereocenters. The van der Waals surface area contributed by atoms with Crippen molar-refractivity contribution >= 4 is 33.2 Å². The number of methoxy groups -OCH3 is 1. The van der Waals surface area contributed by atoms with Crippen LogP contribution in [-0.2, 0) is 19.6 Å². The molecule has 1 N–H and O–H groups in total. The van der Waals surface area contributed by atoms with Gasteiger partial charge in [0.05, 0.1) is 24.1 Å². The summed E-state index contributed by atoms with van der Waals surface area (Å²) in [5.41, 5.74) is 0.297. The number of anilines is 1. The van der Waals surface area contributed by atoms with Crippen molar-refractivity contribution in [3.05, 3.63) is 23.2 Å². The minimum atomic E-state index is -3.69. The maximum atomic E-state index is 12.3. The monoisotopic (exact) mass is 392 g/mol. The molecule has 1 atom stereocenters. The number of ether oxygens (including phenoxy) is 2. The number of hydrogen-bond acceptors (Lipinski definition) is 5. The number of benzene rings is 1. The van der Waals surface area contributed by atoms with Gasteiger partial charge in [-0.05, 0) is 38.5 Å². The number of rotatable bonds is 10. The van der Waals surface area contributed by atoms with Crippen molar-refractivity contribution in [1.29, 1.82) is 0 Å². The number of carbonyl (C=O) groups excluding carboxylic acids is 1. The third kappa shape index (κ3) is 6.37. The second-order valence-corrected chi connectivity index (χ2v) is 7.66. The van der Waals surface area contributed by atoms with E-state index >= 15 is 0 Å². The molecule has 1 aromatic carbocycles. The van der Waals surface area contributed by atoms with Crippen LogP contribution in [0.2, 0.25) is 5.02 Å². The fourth-order valence-corrected chi connectivity index (χ4v) is 3.70. The molecule has 1 aromatic rings. The first-order chi connectivity index (χ1) is 11.7. The molecule has 0 saturated carbocycles.